The highest BCUT2D eigenvalue weighted by atomic mass is 35.5. The maximum absolute atomic E-state index is 13.7. The van der Waals surface area contributed by atoms with E-state index in [9.17, 15) is 14.5 Å². The fraction of sp³-hybridized carbons (Fsp3) is 0.0769. The Morgan fingerprint density at radius 1 is 1.25 bits per heavy atom. The molecule has 0 atom stereocenters. The van der Waals surface area contributed by atoms with Gasteiger partial charge < -0.3 is 9.84 Å². The number of ether oxygens (including phenoxy) is 1. The SMILES string of the molecule is O=[N+]([O-])c1ccc(Oc2ccc(CO)cc2F)c(Cl)c1. The van der Waals surface area contributed by atoms with E-state index in [-0.39, 0.29) is 28.8 Å². The number of non-ortho nitro benzene ring substituents is 1. The van der Waals surface area contributed by atoms with Gasteiger partial charge in [0.2, 0.25) is 0 Å². The number of halogens is 2. The molecule has 0 bridgehead atoms. The number of nitrogens with zero attached hydrogens (tertiary/aromatic N) is 1. The highest BCUT2D eigenvalue weighted by Gasteiger charge is 2.13. The number of aliphatic hydroxyl groups is 1. The van der Waals surface area contributed by atoms with Crippen molar-refractivity contribution in [3.63, 3.8) is 0 Å². The highest BCUT2D eigenvalue weighted by Crippen LogP contribution is 2.33. The van der Waals surface area contributed by atoms with Crippen LogP contribution in [0, 0.1) is 15.9 Å². The number of benzene rings is 2. The van der Waals surface area contributed by atoms with Crippen LogP contribution >= 0.6 is 11.6 Å². The van der Waals surface area contributed by atoms with Gasteiger partial charge >= 0.3 is 0 Å². The Hall–Kier alpha value is -2.18. The Kier molecular flexibility index (Phi) is 4.16. The first-order valence-electron chi connectivity index (χ1n) is 5.52. The predicted octanol–water partition coefficient (Wildman–Crippen LogP) is 3.67. The van der Waals surface area contributed by atoms with Crippen molar-refractivity contribution in [2.45, 2.75) is 6.61 Å². The molecule has 7 heteroatoms. The fourth-order valence-electron chi connectivity index (χ4n) is 1.53. The van der Waals surface area contributed by atoms with E-state index in [1.54, 1.807) is 0 Å². The molecule has 0 amide bonds. The van der Waals surface area contributed by atoms with Gasteiger partial charge in [0.15, 0.2) is 11.6 Å². The average molecular weight is 298 g/mol. The molecule has 0 heterocycles. The van der Waals surface area contributed by atoms with E-state index in [0.29, 0.717) is 5.56 Å². The molecular weight excluding hydrogens is 289 g/mol. The minimum atomic E-state index is -0.661. The van der Waals surface area contributed by atoms with Gasteiger partial charge in [0.1, 0.15) is 5.75 Å². The summed E-state index contributed by atoms with van der Waals surface area (Å²) in [4.78, 5) is 9.98. The van der Waals surface area contributed by atoms with Crippen LogP contribution in [0.1, 0.15) is 5.56 Å². The number of nitro benzene ring substituents is 1. The molecule has 1 N–H and O–H groups in total. The summed E-state index contributed by atoms with van der Waals surface area (Å²) in [6.07, 6.45) is 0. The van der Waals surface area contributed by atoms with Gasteiger partial charge in [-0.25, -0.2) is 4.39 Å². The van der Waals surface area contributed by atoms with Crippen LogP contribution in [0.25, 0.3) is 0 Å². The second-order valence-electron chi connectivity index (χ2n) is 3.90. The Balaban J connectivity index is 2.28. The van der Waals surface area contributed by atoms with E-state index in [0.717, 1.165) is 12.1 Å². The molecule has 5 nitrogen and oxygen atoms in total. The van der Waals surface area contributed by atoms with Crippen molar-refractivity contribution in [1.82, 2.24) is 0 Å². The molecule has 0 spiro atoms. The standard InChI is InChI=1S/C13H9ClFNO4/c14-10-6-9(16(18)19)2-4-12(10)20-13-3-1-8(7-17)5-11(13)15/h1-6,17H,7H2. The van der Waals surface area contributed by atoms with Gasteiger partial charge in [-0.05, 0) is 23.8 Å². The first kappa shape index (κ1) is 14.2. The van der Waals surface area contributed by atoms with E-state index >= 15 is 0 Å². The van der Waals surface area contributed by atoms with E-state index < -0.39 is 10.7 Å². The lowest BCUT2D eigenvalue weighted by Crippen LogP contribution is -1.93. The number of nitro groups is 1. The Labute approximate surface area is 118 Å². The highest BCUT2D eigenvalue weighted by molar-refractivity contribution is 6.32. The lowest BCUT2D eigenvalue weighted by atomic mass is 10.2. The number of rotatable bonds is 4. The predicted molar refractivity (Wildman–Crippen MR) is 70.5 cm³/mol. The molecule has 20 heavy (non-hydrogen) atoms. The van der Waals surface area contributed by atoms with Crippen molar-refractivity contribution >= 4 is 17.3 Å². The van der Waals surface area contributed by atoms with E-state index in [4.69, 9.17) is 21.4 Å². The van der Waals surface area contributed by atoms with Gasteiger partial charge in [-0.15, -0.1) is 0 Å². The zero-order valence-electron chi connectivity index (χ0n) is 10.0. The molecule has 0 aliphatic heterocycles. The smallest absolute Gasteiger partial charge is 0.271 e. The number of aliphatic hydroxyl groups excluding tert-OH is 1. The van der Waals surface area contributed by atoms with Crippen LogP contribution in [0.3, 0.4) is 0 Å². The van der Waals surface area contributed by atoms with Crippen LogP contribution in [0.2, 0.25) is 5.02 Å². The Morgan fingerprint density at radius 3 is 2.50 bits per heavy atom. The van der Waals surface area contributed by atoms with Gasteiger partial charge in [-0.2, -0.15) is 0 Å². The van der Waals surface area contributed by atoms with E-state index in [1.165, 1.54) is 24.3 Å². The van der Waals surface area contributed by atoms with Gasteiger partial charge in [0.25, 0.3) is 5.69 Å². The molecule has 0 unspecified atom stereocenters. The molecule has 0 fully saturated rings. The van der Waals surface area contributed by atoms with Crippen LogP contribution in [-0.4, -0.2) is 10.0 Å². The number of hydrogen-bond donors (Lipinski definition) is 1. The summed E-state index contributed by atoms with van der Waals surface area (Å²) < 4.78 is 18.9. The topological polar surface area (TPSA) is 72.6 Å². The summed E-state index contributed by atoms with van der Waals surface area (Å²) in [6, 6.07) is 7.60. The van der Waals surface area contributed by atoms with Crippen molar-refractivity contribution in [3.8, 4) is 11.5 Å². The maximum Gasteiger partial charge on any atom is 0.271 e. The van der Waals surface area contributed by atoms with Gasteiger partial charge in [-0.3, -0.25) is 10.1 Å². The third-order valence-corrected chi connectivity index (χ3v) is 2.82. The van der Waals surface area contributed by atoms with Crippen LogP contribution in [-0.2, 0) is 6.61 Å². The molecule has 104 valence electrons. The summed E-state index contributed by atoms with van der Waals surface area (Å²) in [5.74, 6) is -0.642. The van der Waals surface area contributed by atoms with E-state index in [2.05, 4.69) is 0 Å². The van der Waals surface area contributed by atoms with Crippen molar-refractivity contribution in [3.05, 3.63) is 62.9 Å². The normalized spacial score (nSPS) is 10.3. The molecule has 2 aromatic rings. The van der Waals surface area contributed by atoms with Crippen LogP contribution < -0.4 is 4.74 Å². The van der Waals surface area contributed by atoms with Gasteiger partial charge in [0, 0.05) is 12.1 Å². The van der Waals surface area contributed by atoms with E-state index in [1.807, 2.05) is 0 Å². The summed E-state index contributed by atoms with van der Waals surface area (Å²) in [7, 11) is 0. The average Bonchev–Trinajstić information content (AvgIpc) is 2.42. The first-order chi connectivity index (χ1) is 9.51. The monoisotopic (exact) mass is 297 g/mol. The minimum Gasteiger partial charge on any atom is -0.453 e. The lowest BCUT2D eigenvalue weighted by Gasteiger charge is -2.09. The summed E-state index contributed by atoms with van der Waals surface area (Å²) >= 11 is 5.84. The lowest BCUT2D eigenvalue weighted by molar-refractivity contribution is -0.384. The second kappa shape index (κ2) is 5.85. The quantitative estimate of drug-likeness (QED) is 0.690. The molecule has 2 rings (SSSR count). The zero-order chi connectivity index (χ0) is 14.7. The molecule has 0 saturated carbocycles. The minimum absolute atomic E-state index is 0.00448. The Bertz CT molecular complexity index is 663. The molecule has 0 aromatic heterocycles. The van der Waals surface area contributed by atoms with Crippen LogP contribution in [0.5, 0.6) is 11.5 Å². The summed E-state index contributed by atoms with van der Waals surface area (Å²) in [6.45, 7) is -0.282. The molecule has 2 aromatic carbocycles. The van der Waals surface area contributed by atoms with Gasteiger partial charge in [0.05, 0.1) is 16.6 Å². The van der Waals surface area contributed by atoms with Crippen molar-refractivity contribution in [2.75, 3.05) is 0 Å². The van der Waals surface area contributed by atoms with Crippen molar-refractivity contribution in [2.24, 2.45) is 0 Å². The molecule has 0 radical (unpaired) electrons. The van der Waals surface area contributed by atoms with Crippen LogP contribution in [0.4, 0.5) is 10.1 Å². The first-order valence-corrected chi connectivity index (χ1v) is 5.90. The third-order valence-electron chi connectivity index (χ3n) is 2.53. The fourth-order valence-corrected chi connectivity index (χ4v) is 1.74. The summed E-state index contributed by atoms with van der Waals surface area (Å²) in [5, 5.41) is 19.5. The molecular formula is C13H9ClFNO4. The molecule has 0 aliphatic carbocycles. The largest absolute Gasteiger partial charge is 0.453 e. The van der Waals surface area contributed by atoms with Crippen molar-refractivity contribution < 1.29 is 19.2 Å². The third kappa shape index (κ3) is 3.04. The van der Waals surface area contributed by atoms with Gasteiger partial charge in [-0.1, -0.05) is 17.7 Å². The zero-order valence-corrected chi connectivity index (χ0v) is 10.8. The summed E-state index contributed by atoms with van der Waals surface area (Å²) in [5.41, 5.74) is 0.225. The number of hydrogen-bond acceptors (Lipinski definition) is 4. The van der Waals surface area contributed by atoms with Crippen LogP contribution in [0.15, 0.2) is 36.4 Å². The molecule has 0 saturated heterocycles. The second-order valence-corrected chi connectivity index (χ2v) is 4.30. The Morgan fingerprint density at radius 2 is 1.95 bits per heavy atom. The van der Waals surface area contributed by atoms with Crippen molar-refractivity contribution in [1.29, 1.82) is 0 Å². The molecule has 0 aliphatic rings. The maximum atomic E-state index is 13.7.